The average Bonchev–Trinajstić information content (AvgIpc) is 2.52. The zero-order chi connectivity index (χ0) is 15.5. The molecule has 3 rings (SSSR count). The van der Waals surface area contributed by atoms with Gasteiger partial charge in [0.2, 0.25) is 5.91 Å². The maximum absolute atomic E-state index is 12.5. The summed E-state index contributed by atoms with van der Waals surface area (Å²) < 4.78 is 0. The Hall–Kier alpha value is -1.83. The number of fused-ring (bicyclic) bond motifs is 1. The van der Waals surface area contributed by atoms with Crippen molar-refractivity contribution >= 4 is 16.7 Å². The number of hydrogen-bond donors (Lipinski definition) is 1. The maximum Gasteiger partial charge on any atom is 0.224 e. The molecule has 0 spiro atoms. The molecule has 1 fully saturated rings. The van der Waals surface area contributed by atoms with E-state index in [-0.39, 0.29) is 5.91 Å². The van der Waals surface area contributed by atoms with E-state index in [0.717, 1.165) is 12.0 Å². The lowest BCUT2D eigenvalue weighted by Crippen LogP contribution is -2.44. The first-order valence-electron chi connectivity index (χ1n) is 8.41. The topological polar surface area (TPSA) is 29.1 Å². The van der Waals surface area contributed by atoms with Crippen LogP contribution in [0.2, 0.25) is 0 Å². The summed E-state index contributed by atoms with van der Waals surface area (Å²) in [6, 6.07) is 14.8. The second-order valence-corrected chi connectivity index (χ2v) is 6.76. The number of carbonyl (C=O) groups excluding carboxylic acids is 1. The highest BCUT2D eigenvalue weighted by molar-refractivity contribution is 5.90. The summed E-state index contributed by atoms with van der Waals surface area (Å²) in [7, 11) is 0. The Bertz CT molecular complexity index is 658. The third kappa shape index (κ3) is 3.16. The quantitative estimate of drug-likeness (QED) is 0.897. The molecule has 2 aromatic rings. The summed E-state index contributed by atoms with van der Waals surface area (Å²) in [5.74, 6) is 1.43. The lowest BCUT2D eigenvalue weighted by atomic mass is 9.78. The predicted octanol–water partition coefficient (Wildman–Crippen LogP) is 4.32. The van der Waals surface area contributed by atoms with Crippen molar-refractivity contribution in [3.63, 3.8) is 0 Å². The summed E-state index contributed by atoms with van der Waals surface area (Å²) in [5.41, 5.74) is 1.12. The zero-order valence-corrected chi connectivity index (χ0v) is 13.5. The van der Waals surface area contributed by atoms with Crippen molar-refractivity contribution in [1.82, 2.24) is 5.32 Å². The van der Waals surface area contributed by atoms with Crippen molar-refractivity contribution in [2.45, 2.75) is 45.6 Å². The normalized spacial score (nSPS) is 25.1. The molecule has 1 amide bonds. The fourth-order valence-corrected chi connectivity index (χ4v) is 3.66. The van der Waals surface area contributed by atoms with Gasteiger partial charge in [-0.15, -0.1) is 0 Å². The summed E-state index contributed by atoms with van der Waals surface area (Å²) in [5, 5.41) is 5.66. The molecule has 116 valence electrons. The minimum absolute atomic E-state index is 0.155. The molecular weight excluding hydrogens is 270 g/mol. The van der Waals surface area contributed by atoms with Gasteiger partial charge in [0, 0.05) is 6.04 Å². The largest absolute Gasteiger partial charge is 0.353 e. The van der Waals surface area contributed by atoms with E-state index in [1.807, 2.05) is 18.2 Å². The second kappa shape index (κ2) is 6.51. The fraction of sp³-hybridized carbons (Fsp3) is 0.450. The van der Waals surface area contributed by atoms with Crippen LogP contribution in [-0.4, -0.2) is 11.9 Å². The van der Waals surface area contributed by atoms with E-state index in [1.165, 1.54) is 23.6 Å². The minimum atomic E-state index is 0.155. The van der Waals surface area contributed by atoms with Crippen LogP contribution in [0.15, 0.2) is 42.5 Å². The van der Waals surface area contributed by atoms with E-state index in [0.29, 0.717) is 24.3 Å². The zero-order valence-electron chi connectivity index (χ0n) is 13.5. The molecule has 1 aliphatic carbocycles. The van der Waals surface area contributed by atoms with Crippen LogP contribution in [0.5, 0.6) is 0 Å². The molecule has 0 aromatic heterocycles. The van der Waals surface area contributed by atoms with Gasteiger partial charge in [0.25, 0.3) is 0 Å². The molecule has 22 heavy (non-hydrogen) atoms. The molecule has 0 unspecified atom stereocenters. The number of carbonyl (C=O) groups is 1. The van der Waals surface area contributed by atoms with Gasteiger partial charge in [-0.1, -0.05) is 69.2 Å². The van der Waals surface area contributed by atoms with Crippen molar-refractivity contribution in [3.8, 4) is 0 Å². The molecule has 2 heteroatoms. The standard InChI is InChI=1S/C20H25NO/c1-14-7-5-12-19(15(14)2)21-20(22)13-17-10-6-9-16-8-3-4-11-18(16)17/h3-4,6,8-11,14-15,19H,5,7,12-13H2,1-2H3,(H,21,22)/t14-,15+,19-/m1/s1. The number of rotatable bonds is 3. The Kier molecular flexibility index (Phi) is 4.47. The molecule has 0 bridgehead atoms. The van der Waals surface area contributed by atoms with Crippen molar-refractivity contribution in [2.24, 2.45) is 11.8 Å². The third-order valence-electron chi connectivity index (χ3n) is 5.28. The van der Waals surface area contributed by atoms with Crippen LogP contribution in [0.4, 0.5) is 0 Å². The molecule has 2 nitrogen and oxygen atoms in total. The third-order valence-corrected chi connectivity index (χ3v) is 5.28. The molecule has 0 saturated heterocycles. The van der Waals surface area contributed by atoms with Crippen molar-refractivity contribution in [2.75, 3.05) is 0 Å². The van der Waals surface area contributed by atoms with Crippen LogP contribution >= 0.6 is 0 Å². The first-order chi connectivity index (χ1) is 10.6. The summed E-state index contributed by atoms with van der Waals surface area (Å²) in [6.45, 7) is 4.57. The average molecular weight is 295 g/mol. The van der Waals surface area contributed by atoms with E-state index < -0.39 is 0 Å². The summed E-state index contributed by atoms with van der Waals surface area (Å²) in [6.07, 6.45) is 4.10. The highest BCUT2D eigenvalue weighted by Gasteiger charge is 2.28. The molecule has 1 N–H and O–H groups in total. The van der Waals surface area contributed by atoms with Gasteiger partial charge in [0.15, 0.2) is 0 Å². The smallest absolute Gasteiger partial charge is 0.224 e. The van der Waals surface area contributed by atoms with E-state index in [4.69, 9.17) is 0 Å². The fourth-order valence-electron chi connectivity index (χ4n) is 3.66. The van der Waals surface area contributed by atoms with Gasteiger partial charge >= 0.3 is 0 Å². The summed E-state index contributed by atoms with van der Waals surface area (Å²) >= 11 is 0. The number of hydrogen-bond acceptors (Lipinski definition) is 1. The van der Waals surface area contributed by atoms with Crippen molar-refractivity contribution < 1.29 is 4.79 Å². The number of amides is 1. The Morgan fingerprint density at radius 3 is 2.73 bits per heavy atom. The van der Waals surface area contributed by atoms with Gasteiger partial charge in [-0.3, -0.25) is 4.79 Å². The molecular formula is C20H25NO. The Labute approximate surface area is 132 Å². The molecule has 0 heterocycles. The van der Waals surface area contributed by atoms with Crippen LogP contribution < -0.4 is 5.32 Å². The van der Waals surface area contributed by atoms with Gasteiger partial charge in [-0.05, 0) is 34.6 Å². The lowest BCUT2D eigenvalue weighted by Gasteiger charge is -2.34. The van der Waals surface area contributed by atoms with Crippen LogP contribution in [0.1, 0.15) is 38.7 Å². The van der Waals surface area contributed by atoms with Crippen LogP contribution in [-0.2, 0) is 11.2 Å². The SMILES string of the molecule is C[C@H]1[C@H](C)CCC[C@H]1NC(=O)Cc1cccc2ccccc12. The predicted molar refractivity (Wildman–Crippen MR) is 91.8 cm³/mol. The Morgan fingerprint density at radius 1 is 1.09 bits per heavy atom. The van der Waals surface area contributed by atoms with E-state index in [9.17, 15) is 4.79 Å². The maximum atomic E-state index is 12.5. The van der Waals surface area contributed by atoms with E-state index in [1.54, 1.807) is 0 Å². The first-order valence-corrected chi connectivity index (χ1v) is 8.41. The molecule has 1 aliphatic rings. The van der Waals surface area contributed by atoms with E-state index >= 15 is 0 Å². The molecule has 0 aliphatic heterocycles. The molecule has 0 radical (unpaired) electrons. The Balaban J connectivity index is 1.71. The van der Waals surface area contributed by atoms with Gasteiger partial charge in [-0.2, -0.15) is 0 Å². The van der Waals surface area contributed by atoms with Crippen LogP contribution in [0.3, 0.4) is 0 Å². The molecule has 1 saturated carbocycles. The van der Waals surface area contributed by atoms with Gasteiger partial charge in [0.1, 0.15) is 0 Å². The molecule has 2 aromatic carbocycles. The monoisotopic (exact) mass is 295 g/mol. The highest BCUT2D eigenvalue weighted by Crippen LogP contribution is 2.29. The van der Waals surface area contributed by atoms with Crippen molar-refractivity contribution in [1.29, 1.82) is 0 Å². The minimum Gasteiger partial charge on any atom is -0.353 e. The number of benzene rings is 2. The van der Waals surface area contributed by atoms with Gasteiger partial charge < -0.3 is 5.32 Å². The van der Waals surface area contributed by atoms with Crippen LogP contribution in [0.25, 0.3) is 10.8 Å². The molecule has 3 atom stereocenters. The lowest BCUT2D eigenvalue weighted by molar-refractivity contribution is -0.121. The summed E-state index contributed by atoms with van der Waals surface area (Å²) in [4.78, 5) is 12.5. The van der Waals surface area contributed by atoms with E-state index in [2.05, 4.69) is 43.4 Å². The second-order valence-electron chi connectivity index (χ2n) is 6.76. The highest BCUT2D eigenvalue weighted by atomic mass is 16.1. The van der Waals surface area contributed by atoms with Crippen LogP contribution in [0, 0.1) is 11.8 Å². The first kappa shape index (κ1) is 15.1. The van der Waals surface area contributed by atoms with Crippen molar-refractivity contribution in [3.05, 3.63) is 48.0 Å². The Morgan fingerprint density at radius 2 is 1.86 bits per heavy atom. The van der Waals surface area contributed by atoms with Gasteiger partial charge in [-0.25, -0.2) is 0 Å². The van der Waals surface area contributed by atoms with Gasteiger partial charge in [0.05, 0.1) is 6.42 Å². The number of nitrogens with one attached hydrogen (secondary N) is 1.